The van der Waals surface area contributed by atoms with Gasteiger partial charge in [-0.15, -0.1) is 0 Å². The Balaban J connectivity index is 2.51. The molecule has 1 aliphatic heterocycles. The van der Waals surface area contributed by atoms with E-state index in [9.17, 15) is 8.78 Å². The van der Waals surface area contributed by atoms with E-state index in [0.717, 1.165) is 6.26 Å². The fraction of sp³-hybridized carbons (Fsp3) is 0.333. The molecule has 1 nitrogen and oxygen atoms in total. The fourth-order valence-electron chi connectivity index (χ4n) is 0.171. The third kappa shape index (κ3) is 0.278. The Hall–Kier alpha value is -0.600. The van der Waals surface area contributed by atoms with Crippen molar-refractivity contribution in [2.75, 3.05) is 0 Å². The number of hydrogen-bond acceptors (Lipinski definition) is 1. The number of alkyl halides is 1. The molecule has 0 N–H and O–H groups in total. The molecule has 0 aromatic rings. The molecule has 34 valence electrons. The van der Waals surface area contributed by atoms with Crippen molar-refractivity contribution >= 4 is 0 Å². The maximum atomic E-state index is 11.3. The van der Waals surface area contributed by atoms with Crippen molar-refractivity contribution in [3.05, 3.63) is 12.1 Å². The molecular formula is C3H2F2O. The highest BCUT2D eigenvalue weighted by Crippen LogP contribution is 2.19. The predicted octanol–water partition coefficient (Wildman–Crippen LogP) is 1.12. The quantitative estimate of drug-likeness (QED) is 0.435. The monoisotopic (exact) mass is 92.0 g/mol. The Morgan fingerprint density at radius 1 is 1.83 bits per heavy atom. The average molecular weight is 92.0 g/mol. The molecule has 0 aromatic carbocycles. The summed E-state index contributed by atoms with van der Waals surface area (Å²) in [5.41, 5.74) is 0. The fourth-order valence-corrected chi connectivity index (χ4v) is 0.171. The molecule has 0 spiro atoms. The minimum atomic E-state index is -1.77. The molecule has 0 aliphatic carbocycles. The molecule has 0 amide bonds. The van der Waals surface area contributed by atoms with E-state index in [0.29, 0.717) is 0 Å². The molecule has 0 fully saturated rings. The summed E-state index contributed by atoms with van der Waals surface area (Å²) in [5.74, 6) is -0.824. The van der Waals surface area contributed by atoms with Crippen LogP contribution in [0.3, 0.4) is 0 Å². The van der Waals surface area contributed by atoms with Crippen molar-refractivity contribution in [2.24, 2.45) is 0 Å². The van der Waals surface area contributed by atoms with Gasteiger partial charge >= 0.3 is 0 Å². The summed E-state index contributed by atoms with van der Waals surface area (Å²) < 4.78 is 26.4. The maximum Gasteiger partial charge on any atom is 0.292 e. The zero-order valence-corrected chi connectivity index (χ0v) is 2.82. The van der Waals surface area contributed by atoms with Crippen molar-refractivity contribution in [1.29, 1.82) is 0 Å². The van der Waals surface area contributed by atoms with Crippen LogP contribution in [0.25, 0.3) is 0 Å². The van der Waals surface area contributed by atoms with E-state index in [1.807, 2.05) is 0 Å². The summed E-state index contributed by atoms with van der Waals surface area (Å²) in [5, 5.41) is 0. The summed E-state index contributed by atoms with van der Waals surface area (Å²) >= 11 is 0. The van der Waals surface area contributed by atoms with Crippen molar-refractivity contribution in [3.8, 4) is 0 Å². The van der Waals surface area contributed by atoms with E-state index >= 15 is 0 Å². The van der Waals surface area contributed by atoms with Crippen molar-refractivity contribution < 1.29 is 13.5 Å². The number of halogens is 2. The molecular weight excluding hydrogens is 90.0 g/mol. The summed E-state index contributed by atoms with van der Waals surface area (Å²) in [6, 6.07) is 0. The Bertz CT molecular complexity index is 88.8. The summed E-state index contributed by atoms with van der Waals surface area (Å²) in [6.45, 7) is 0. The molecule has 1 atom stereocenters. The van der Waals surface area contributed by atoms with Gasteiger partial charge < -0.3 is 4.74 Å². The topological polar surface area (TPSA) is 9.23 Å². The molecule has 0 bridgehead atoms. The third-order valence-electron chi connectivity index (χ3n) is 0.517. The second-order valence-electron chi connectivity index (χ2n) is 0.955. The molecule has 1 aliphatic rings. The van der Waals surface area contributed by atoms with Crippen LogP contribution in [0.1, 0.15) is 0 Å². The molecule has 0 radical (unpaired) electrons. The largest absolute Gasteiger partial charge is 0.458 e. The van der Waals surface area contributed by atoms with Crippen LogP contribution >= 0.6 is 0 Å². The van der Waals surface area contributed by atoms with E-state index in [-0.39, 0.29) is 0 Å². The van der Waals surface area contributed by atoms with Crippen molar-refractivity contribution in [2.45, 2.75) is 6.36 Å². The van der Waals surface area contributed by atoms with E-state index in [1.54, 1.807) is 0 Å². The van der Waals surface area contributed by atoms with Gasteiger partial charge in [-0.1, -0.05) is 0 Å². The van der Waals surface area contributed by atoms with Gasteiger partial charge in [-0.2, -0.15) is 4.39 Å². The van der Waals surface area contributed by atoms with Crippen LogP contribution in [0.4, 0.5) is 8.78 Å². The molecule has 0 saturated carbocycles. The minimum Gasteiger partial charge on any atom is -0.458 e. The number of hydrogen-bond donors (Lipinski definition) is 0. The summed E-state index contributed by atoms with van der Waals surface area (Å²) in [7, 11) is 0. The Labute approximate surface area is 33.2 Å². The summed E-state index contributed by atoms with van der Waals surface area (Å²) in [6.07, 6.45) is -1.03. The Kier molecular flexibility index (Phi) is 0.555. The van der Waals surface area contributed by atoms with Gasteiger partial charge in [0.2, 0.25) is 5.83 Å². The van der Waals surface area contributed by atoms with Crippen molar-refractivity contribution in [1.82, 2.24) is 0 Å². The lowest BCUT2D eigenvalue weighted by molar-refractivity contribution is -0.0148. The van der Waals surface area contributed by atoms with Gasteiger partial charge in [-0.3, -0.25) is 0 Å². The van der Waals surface area contributed by atoms with Crippen LogP contribution in [0.15, 0.2) is 12.1 Å². The molecule has 1 rings (SSSR count). The van der Waals surface area contributed by atoms with Crippen LogP contribution in [0.2, 0.25) is 0 Å². The standard InChI is InChI=1S/C3H2F2O/c4-2-1-6-3(2)5/h1,3H. The zero-order chi connectivity index (χ0) is 4.57. The summed E-state index contributed by atoms with van der Waals surface area (Å²) in [4.78, 5) is 0. The average Bonchev–Trinajstić information content (AvgIpc) is 1.61. The second kappa shape index (κ2) is 0.929. The zero-order valence-electron chi connectivity index (χ0n) is 2.82. The maximum absolute atomic E-state index is 11.3. The van der Waals surface area contributed by atoms with E-state index in [4.69, 9.17) is 0 Å². The predicted molar refractivity (Wildman–Crippen MR) is 15.2 cm³/mol. The first kappa shape index (κ1) is 3.59. The van der Waals surface area contributed by atoms with Gasteiger partial charge in [-0.25, -0.2) is 4.39 Å². The lowest BCUT2D eigenvalue weighted by atomic mass is 10.5. The van der Waals surface area contributed by atoms with Gasteiger partial charge in [0, 0.05) is 0 Å². The molecule has 3 heteroatoms. The highest BCUT2D eigenvalue weighted by Gasteiger charge is 2.21. The van der Waals surface area contributed by atoms with Gasteiger partial charge in [0.15, 0.2) is 0 Å². The van der Waals surface area contributed by atoms with E-state index in [1.165, 1.54) is 0 Å². The first-order valence-electron chi connectivity index (χ1n) is 1.46. The van der Waals surface area contributed by atoms with Crippen molar-refractivity contribution in [3.63, 3.8) is 0 Å². The molecule has 6 heavy (non-hydrogen) atoms. The smallest absolute Gasteiger partial charge is 0.292 e. The molecule has 0 aromatic heterocycles. The van der Waals surface area contributed by atoms with Crippen LogP contribution < -0.4 is 0 Å². The third-order valence-corrected chi connectivity index (χ3v) is 0.517. The second-order valence-corrected chi connectivity index (χ2v) is 0.955. The SMILES string of the molecule is FC1=COC1F. The van der Waals surface area contributed by atoms with Crippen LogP contribution in [0.5, 0.6) is 0 Å². The van der Waals surface area contributed by atoms with Crippen LogP contribution in [-0.4, -0.2) is 6.36 Å². The minimum absolute atomic E-state index is 0.741. The number of ether oxygens (including phenoxy) is 1. The van der Waals surface area contributed by atoms with Gasteiger partial charge in [0.1, 0.15) is 6.26 Å². The lowest BCUT2D eigenvalue weighted by Gasteiger charge is -2.11. The lowest BCUT2D eigenvalue weighted by Crippen LogP contribution is -2.11. The molecule has 1 heterocycles. The highest BCUT2D eigenvalue weighted by molar-refractivity contribution is 4.98. The highest BCUT2D eigenvalue weighted by atomic mass is 19.2. The first-order chi connectivity index (χ1) is 2.80. The Morgan fingerprint density at radius 3 is 2.33 bits per heavy atom. The van der Waals surface area contributed by atoms with Crippen LogP contribution in [-0.2, 0) is 4.74 Å². The van der Waals surface area contributed by atoms with Crippen LogP contribution in [0, 0.1) is 0 Å². The molecule has 1 unspecified atom stereocenters. The normalized spacial score (nSPS) is 30.3. The number of rotatable bonds is 0. The van der Waals surface area contributed by atoms with Gasteiger partial charge in [0.05, 0.1) is 0 Å². The molecule has 0 saturated heterocycles. The van der Waals surface area contributed by atoms with Gasteiger partial charge in [0.25, 0.3) is 6.36 Å². The van der Waals surface area contributed by atoms with Gasteiger partial charge in [-0.05, 0) is 0 Å². The first-order valence-corrected chi connectivity index (χ1v) is 1.46. The van der Waals surface area contributed by atoms with E-state index in [2.05, 4.69) is 4.74 Å². The Morgan fingerprint density at radius 2 is 2.33 bits per heavy atom. The van der Waals surface area contributed by atoms with E-state index < -0.39 is 12.2 Å².